The average Bonchev–Trinajstić information content (AvgIpc) is 3.26. The summed E-state index contributed by atoms with van der Waals surface area (Å²) in [7, 11) is 0. The third kappa shape index (κ3) is 3.99. The molecule has 1 amide bonds. The minimum atomic E-state index is -0.107. The second kappa shape index (κ2) is 7.98. The Morgan fingerprint density at radius 2 is 2.04 bits per heavy atom. The maximum atomic E-state index is 12.7. The summed E-state index contributed by atoms with van der Waals surface area (Å²) >= 11 is 6.16. The van der Waals surface area contributed by atoms with Crippen LogP contribution in [-0.4, -0.2) is 38.7 Å². The Bertz CT molecular complexity index is 957. The van der Waals surface area contributed by atoms with Gasteiger partial charge < -0.3 is 10.2 Å². The monoisotopic (exact) mass is 396 g/mol. The minimum Gasteiger partial charge on any atom is -0.354 e. The highest BCUT2D eigenvalue weighted by atomic mass is 35.5. The molecule has 7 nitrogen and oxygen atoms in total. The van der Waals surface area contributed by atoms with Crippen LogP contribution >= 0.6 is 11.6 Å². The normalized spacial score (nSPS) is 16.8. The number of hydrogen-bond donors (Lipinski definition) is 1. The number of amides is 1. The van der Waals surface area contributed by atoms with Gasteiger partial charge in [0.2, 0.25) is 5.91 Å². The van der Waals surface area contributed by atoms with Gasteiger partial charge >= 0.3 is 0 Å². The molecule has 1 atom stereocenters. The topological polar surface area (TPSA) is 75.9 Å². The van der Waals surface area contributed by atoms with E-state index in [1.807, 2.05) is 37.4 Å². The highest BCUT2D eigenvalue weighted by Crippen LogP contribution is 2.24. The average molecular weight is 397 g/mol. The second-order valence-electron chi connectivity index (χ2n) is 6.96. The molecule has 0 radical (unpaired) electrons. The van der Waals surface area contributed by atoms with Crippen molar-refractivity contribution in [2.45, 2.75) is 19.8 Å². The lowest BCUT2D eigenvalue weighted by Crippen LogP contribution is -2.41. The van der Waals surface area contributed by atoms with Gasteiger partial charge in [-0.05, 0) is 49.6 Å². The van der Waals surface area contributed by atoms with E-state index in [4.69, 9.17) is 11.6 Å². The van der Waals surface area contributed by atoms with Crippen molar-refractivity contribution in [2.24, 2.45) is 5.92 Å². The molecule has 0 spiro atoms. The molecule has 0 saturated carbocycles. The number of carbonyl (C=O) groups excluding carboxylic acids is 1. The number of hydrogen-bond acceptors (Lipinski definition) is 5. The first kappa shape index (κ1) is 18.4. The van der Waals surface area contributed by atoms with Crippen molar-refractivity contribution in [3.05, 3.63) is 59.6 Å². The Kier molecular flexibility index (Phi) is 5.25. The zero-order valence-corrected chi connectivity index (χ0v) is 16.3. The van der Waals surface area contributed by atoms with Crippen LogP contribution in [0.1, 0.15) is 18.4 Å². The van der Waals surface area contributed by atoms with Crippen molar-refractivity contribution in [3.63, 3.8) is 0 Å². The highest BCUT2D eigenvalue weighted by Gasteiger charge is 2.27. The molecule has 1 unspecified atom stereocenters. The second-order valence-corrected chi connectivity index (χ2v) is 7.37. The van der Waals surface area contributed by atoms with E-state index in [9.17, 15) is 4.79 Å². The Labute approximate surface area is 168 Å². The molecule has 0 bridgehead atoms. The molecular weight excluding hydrogens is 376 g/mol. The SMILES string of the molecule is Cc1ccc(NC(=O)C2CCCN(c3ccc(-n4ccnc4)nn3)C2)cc1Cl. The van der Waals surface area contributed by atoms with Crippen molar-refractivity contribution in [2.75, 3.05) is 23.3 Å². The van der Waals surface area contributed by atoms with Crippen LogP contribution < -0.4 is 10.2 Å². The van der Waals surface area contributed by atoms with Crippen LogP contribution in [0.3, 0.4) is 0 Å². The van der Waals surface area contributed by atoms with Crippen LogP contribution in [0.25, 0.3) is 5.82 Å². The van der Waals surface area contributed by atoms with Gasteiger partial charge in [-0.1, -0.05) is 17.7 Å². The van der Waals surface area contributed by atoms with Gasteiger partial charge in [-0.25, -0.2) is 4.98 Å². The van der Waals surface area contributed by atoms with Gasteiger partial charge in [-0.2, -0.15) is 0 Å². The molecule has 144 valence electrons. The molecule has 0 aliphatic carbocycles. The Hall–Kier alpha value is -2.93. The smallest absolute Gasteiger partial charge is 0.229 e. The van der Waals surface area contributed by atoms with Gasteiger partial charge in [-0.15, -0.1) is 10.2 Å². The lowest BCUT2D eigenvalue weighted by Gasteiger charge is -2.32. The summed E-state index contributed by atoms with van der Waals surface area (Å²) in [4.78, 5) is 18.9. The molecule has 3 heterocycles. The quantitative estimate of drug-likeness (QED) is 0.730. The van der Waals surface area contributed by atoms with Gasteiger partial charge in [0, 0.05) is 36.2 Å². The first-order valence-corrected chi connectivity index (χ1v) is 9.62. The van der Waals surface area contributed by atoms with Crippen molar-refractivity contribution in [1.82, 2.24) is 19.7 Å². The fourth-order valence-electron chi connectivity index (χ4n) is 3.33. The summed E-state index contributed by atoms with van der Waals surface area (Å²) in [6.45, 7) is 3.41. The number of benzene rings is 1. The molecule has 1 aliphatic heterocycles. The van der Waals surface area contributed by atoms with Gasteiger partial charge in [0.05, 0.1) is 5.92 Å². The van der Waals surface area contributed by atoms with Crippen LogP contribution in [0.2, 0.25) is 5.02 Å². The van der Waals surface area contributed by atoms with E-state index in [1.54, 1.807) is 23.2 Å². The predicted molar refractivity (Wildman–Crippen MR) is 109 cm³/mol. The first-order valence-electron chi connectivity index (χ1n) is 9.24. The summed E-state index contributed by atoms with van der Waals surface area (Å²) in [5.74, 6) is 1.39. The number of carbonyl (C=O) groups is 1. The zero-order valence-electron chi connectivity index (χ0n) is 15.5. The molecule has 1 aromatic carbocycles. The van der Waals surface area contributed by atoms with Crippen LogP contribution in [0, 0.1) is 12.8 Å². The van der Waals surface area contributed by atoms with E-state index in [-0.39, 0.29) is 11.8 Å². The number of imidazole rings is 1. The maximum Gasteiger partial charge on any atom is 0.229 e. The largest absolute Gasteiger partial charge is 0.354 e. The number of aryl methyl sites for hydroxylation is 1. The molecule has 1 saturated heterocycles. The van der Waals surface area contributed by atoms with E-state index >= 15 is 0 Å². The van der Waals surface area contributed by atoms with Gasteiger partial charge in [0.1, 0.15) is 6.33 Å². The standard InChI is InChI=1S/C20H21ClN6O/c1-14-4-5-16(11-17(14)21)23-20(28)15-3-2-9-26(12-15)18-6-7-19(25-24-18)27-10-8-22-13-27/h4-8,10-11,13,15H,2-3,9,12H2,1H3,(H,23,28). The van der Waals surface area contributed by atoms with Crippen LogP contribution in [0.4, 0.5) is 11.5 Å². The summed E-state index contributed by atoms with van der Waals surface area (Å²) in [6.07, 6.45) is 6.98. The zero-order chi connectivity index (χ0) is 19.5. The third-order valence-electron chi connectivity index (χ3n) is 4.96. The summed E-state index contributed by atoms with van der Waals surface area (Å²) < 4.78 is 1.80. The van der Waals surface area contributed by atoms with Crippen molar-refractivity contribution in [3.8, 4) is 5.82 Å². The Morgan fingerprint density at radius 3 is 2.75 bits per heavy atom. The van der Waals surface area contributed by atoms with Crippen LogP contribution in [-0.2, 0) is 4.79 Å². The van der Waals surface area contributed by atoms with Gasteiger partial charge in [-0.3, -0.25) is 9.36 Å². The molecule has 1 fully saturated rings. The van der Waals surface area contributed by atoms with Crippen LogP contribution in [0.5, 0.6) is 0 Å². The van der Waals surface area contributed by atoms with E-state index in [1.165, 1.54) is 0 Å². The number of halogens is 1. The lowest BCUT2D eigenvalue weighted by atomic mass is 9.97. The van der Waals surface area contributed by atoms with Crippen LogP contribution in [0.15, 0.2) is 49.1 Å². The Balaban J connectivity index is 1.42. The van der Waals surface area contributed by atoms with E-state index in [0.29, 0.717) is 17.4 Å². The van der Waals surface area contributed by atoms with E-state index < -0.39 is 0 Å². The first-order chi connectivity index (χ1) is 13.6. The van der Waals surface area contributed by atoms with Crippen molar-refractivity contribution < 1.29 is 4.79 Å². The fraction of sp³-hybridized carbons (Fsp3) is 0.300. The minimum absolute atomic E-state index is 0.00705. The lowest BCUT2D eigenvalue weighted by molar-refractivity contribution is -0.120. The predicted octanol–water partition coefficient (Wildman–Crippen LogP) is 3.48. The highest BCUT2D eigenvalue weighted by molar-refractivity contribution is 6.31. The molecule has 1 N–H and O–H groups in total. The number of rotatable bonds is 4. The molecule has 3 aromatic rings. The van der Waals surface area contributed by atoms with Crippen molar-refractivity contribution in [1.29, 1.82) is 0 Å². The fourth-order valence-corrected chi connectivity index (χ4v) is 3.51. The molecular formula is C20H21ClN6O. The Morgan fingerprint density at radius 1 is 1.21 bits per heavy atom. The maximum absolute atomic E-state index is 12.7. The molecule has 2 aromatic heterocycles. The van der Waals surface area contributed by atoms with Crippen molar-refractivity contribution >= 4 is 29.0 Å². The van der Waals surface area contributed by atoms with E-state index in [0.717, 1.165) is 36.5 Å². The number of nitrogens with zero attached hydrogens (tertiary/aromatic N) is 5. The molecule has 4 rings (SSSR count). The molecule has 1 aliphatic rings. The number of aromatic nitrogens is 4. The van der Waals surface area contributed by atoms with Gasteiger partial charge in [0.15, 0.2) is 11.6 Å². The molecule has 28 heavy (non-hydrogen) atoms. The number of nitrogens with one attached hydrogen (secondary N) is 1. The van der Waals surface area contributed by atoms with E-state index in [2.05, 4.69) is 25.4 Å². The number of anilines is 2. The third-order valence-corrected chi connectivity index (χ3v) is 5.37. The summed E-state index contributed by atoms with van der Waals surface area (Å²) in [5, 5.41) is 12.2. The summed E-state index contributed by atoms with van der Waals surface area (Å²) in [5.41, 5.74) is 1.71. The number of piperidine rings is 1. The summed E-state index contributed by atoms with van der Waals surface area (Å²) in [6, 6.07) is 9.41. The van der Waals surface area contributed by atoms with Gasteiger partial charge in [0.25, 0.3) is 0 Å². The molecule has 8 heteroatoms.